The quantitative estimate of drug-likeness (QED) is 0.331. The van der Waals surface area contributed by atoms with Crippen molar-refractivity contribution in [2.24, 2.45) is 5.73 Å². The summed E-state index contributed by atoms with van der Waals surface area (Å²) in [6.45, 7) is 1.55. The minimum absolute atomic E-state index is 0.251. The Balaban J connectivity index is 1.60. The summed E-state index contributed by atoms with van der Waals surface area (Å²) in [6, 6.07) is 17.7. The first-order valence-electron chi connectivity index (χ1n) is 11.2. The maximum atomic E-state index is 13.3. The molecule has 0 radical (unpaired) electrons. The molecule has 186 valence electrons. The molecule has 1 aromatic heterocycles. The number of halogens is 1. The fourth-order valence-electron chi connectivity index (χ4n) is 3.84. The molecule has 36 heavy (non-hydrogen) atoms. The van der Waals surface area contributed by atoms with Crippen molar-refractivity contribution < 1.29 is 23.5 Å². The zero-order valence-electron chi connectivity index (χ0n) is 19.8. The van der Waals surface area contributed by atoms with Crippen LogP contribution in [0.3, 0.4) is 0 Å². The predicted octanol–water partition coefficient (Wildman–Crippen LogP) is 3.47. The van der Waals surface area contributed by atoms with Crippen LogP contribution >= 0.6 is 0 Å². The molecule has 3 amide bonds. The van der Waals surface area contributed by atoms with Crippen molar-refractivity contribution >= 4 is 22.8 Å². The van der Waals surface area contributed by atoms with E-state index in [1.54, 1.807) is 43.1 Å². The number of hydrogen-bond acceptors (Lipinski definition) is 5. The number of nitrogens with one attached hydrogen (secondary N) is 2. The molecule has 0 unspecified atom stereocenters. The largest absolute Gasteiger partial charge is 0.497 e. The summed E-state index contributed by atoms with van der Waals surface area (Å²) >= 11 is 0. The molecule has 1 heterocycles. The molecule has 0 saturated carbocycles. The van der Waals surface area contributed by atoms with Crippen LogP contribution in [0, 0.1) is 5.82 Å². The Morgan fingerprint density at radius 2 is 1.86 bits per heavy atom. The number of primary amides is 1. The van der Waals surface area contributed by atoms with Gasteiger partial charge in [0.2, 0.25) is 5.91 Å². The van der Waals surface area contributed by atoms with Crippen LogP contribution < -0.4 is 25.8 Å². The van der Waals surface area contributed by atoms with Gasteiger partial charge in [-0.25, -0.2) is 13.9 Å². The molecule has 10 heteroatoms. The van der Waals surface area contributed by atoms with E-state index in [1.165, 1.54) is 12.1 Å². The zero-order chi connectivity index (χ0) is 25.7. The number of urea groups is 1. The first-order chi connectivity index (χ1) is 17.3. The Bertz CT molecular complexity index is 1370. The topological polar surface area (TPSA) is 120 Å². The van der Waals surface area contributed by atoms with E-state index in [2.05, 4.69) is 15.7 Å². The highest BCUT2D eigenvalue weighted by Crippen LogP contribution is 2.30. The molecular formula is C26H26FN5O4. The fraction of sp³-hybridized carbons (Fsp3) is 0.192. The van der Waals surface area contributed by atoms with Gasteiger partial charge in [-0.3, -0.25) is 4.79 Å². The number of nitrogens with zero attached hydrogens (tertiary/aromatic N) is 2. The van der Waals surface area contributed by atoms with Gasteiger partial charge in [0.25, 0.3) is 0 Å². The van der Waals surface area contributed by atoms with E-state index < -0.39 is 24.1 Å². The summed E-state index contributed by atoms with van der Waals surface area (Å²) in [5.41, 5.74) is 7.40. The van der Waals surface area contributed by atoms with Crippen LogP contribution in [0.5, 0.6) is 11.5 Å². The number of methoxy groups -OCH3 is 1. The number of ether oxygens (including phenoxy) is 2. The van der Waals surface area contributed by atoms with Gasteiger partial charge in [0, 0.05) is 5.39 Å². The van der Waals surface area contributed by atoms with Gasteiger partial charge in [0.1, 0.15) is 23.4 Å². The first kappa shape index (κ1) is 24.5. The van der Waals surface area contributed by atoms with E-state index in [9.17, 15) is 14.0 Å². The molecule has 0 saturated heterocycles. The highest BCUT2D eigenvalue weighted by atomic mass is 19.1. The first-order valence-corrected chi connectivity index (χ1v) is 11.2. The van der Waals surface area contributed by atoms with Crippen molar-refractivity contribution in [2.45, 2.75) is 19.1 Å². The van der Waals surface area contributed by atoms with E-state index in [4.69, 9.17) is 15.2 Å². The second-order valence-electron chi connectivity index (χ2n) is 8.14. The number of amides is 3. The predicted molar refractivity (Wildman–Crippen MR) is 133 cm³/mol. The summed E-state index contributed by atoms with van der Waals surface area (Å²) in [4.78, 5) is 23.2. The standard InChI is InChI=1S/C26H26FN5O4/c1-16(31-24(33)15-29-26(28)34)25(17-4-3-5-21(12-17)35-2)36-22-10-11-23-18(13-22)14-30-32(23)20-8-6-19(27)7-9-20/h3-14,16,25H,15H2,1-2H3,(H,31,33)(H3,28,29,34)/t16-,25+/m0/s1. The van der Waals surface area contributed by atoms with Gasteiger partial charge >= 0.3 is 6.03 Å². The lowest BCUT2D eigenvalue weighted by Gasteiger charge is -2.27. The molecule has 0 aliphatic rings. The van der Waals surface area contributed by atoms with Gasteiger partial charge in [-0.15, -0.1) is 0 Å². The molecule has 3 aromatic carbocycles. The Morgan fingerprint density at radius 1 is 1.08 bits per heavy atom. The summed E-state index contributed by atoms with van der Waals surface area (Å²) in [5.74, 6) is 0.478. The molecule has 2 atom stereocenters. The fourth-order valence-corrected chi connectivity index (χ4v) is 3.84. The summed E-state index contributed by atoms with van der Waals surface area (Å²) in [7, 11) is 1.57. The zero-order valence-corrected chi connectivity index (χ0v) is 19.8. The SMILES string of the molecule is COc1cccc([C@H](Oc2ccc3c(cnn3-c3ccc(F)cc3)c2)[C@H](C)NC(=O)CNC(N)=O)c1. The minimum Gasteiger partial charge on any atom is -0.497 e. The van der Waals surface area contributed by atoms with Crippen LogP contribution in [0.25, 0.3) is 16.6 Å². The van der Waals surface area contributed by atoms with E-state index in [-0.39, 0.29) is 12.4 Å². The van der Waals surface area contributed by atoms with Crippen LogP contribution in [0.2, 0.25) is 0 Å². The highest BCUT2D eigenvalue weighted by molar-refractivity contribution is 5.83. The lowest BCUT2D eigenvalue weighted by molar-refractivity contribution is -0.121. The average molecular weight is 492 g/mol. The third-order valence-corrected chi connectivity index (χ3v) is 5.56. The van der Waals surface area contributed by atoms with E-state index in [1.807, 2.05) is 36.4 Å². The van der Waals surface area contributed by atoms with Gasteiger partial charge in [-0.05, 0) is 67.1 Å². The monoisotopic (exact) mass is 491 g/mol. The van der Waals surface area contributed by atoms with Crippen LogP contribution in [0.4, 0.5) is 9.18 Å². The van der Waals surface area contributed by atoms with Crippen molar-refractivity contribution in [1.82, 2.24) is 20.4 Å². The number of hydrogen-bond donors (Lipinski definition) is 3. The third kappa shape index (κ3) is 5.72. The number of carbonyl (C=O) groups is 2. The molecule has 4 rings (SSSR count). The number of benzene rings is 3. The van der Waals surface area contributed by atoms with Crippen molar-refractivity contribution in [3.8, 4) is 17.2 Å². The average Bonchev–Trinajstić information content (AvgIpc) is 3.29. The second kappa shape index (κ2) is 10.8. The number of fused-ring (bicyclic) bond motifs is 1. The Hall–Kier alpha value is -4.60. The lowest BCUT2D eigenvalue weighted by atomic mass is 10.0. The molecule has 0 bridgehead atoms. The van der Waals surface area contributed by atoms with Gasteiger partial charge < -0.3 is 25.8 Å². The number of carbonyl (C=O) groups excluding carboxylic acids is 2. The highest BCUT2D eigenvalue weighted by Gasteiger charge is 2.24. The van der Waals surface area contributed by atoms with Crippen LogP contribution in [-0.2, 0) is 4.79 Å². The molecule has 0 fully saturated rings. The number of rotatable bonds is 9. The molecular weight excluding hydrogens is 465 g/mol. The van der Waals surface area contributed by atoms with Gasteiger partial charge in [0.15, 0.2) is 0 Å². The van der Waals surface area contributed by atoms with Crippen LogP contribution in [0.15, 0.2) is 72.9 Å². The Morgan fingerprint density at radius 3 is 2.58 bits per heavy atom. The van der Waals surface area contributed by atoms with Crippen molar-refractivity contribution in [3.63, 3.8) is 0 Å². The van der Waals surface area contributed by atoms with Gasteiger partial charge in [0.05, 0.1) is 37.1 Å². The van der Waals surface area contributed by atoms with Gasteiger partial charge in [-0.2, -0.15) is 5.10 Å². The maximum absolute atomic E-state index is 13.3. The minimum atomic E-state index is -0.784. The van der Waals surface area contributed by atoms with Crippen LogP contribution in [0.1, 0.15) is 18.6 Å². The van der Waals surface area contributed by atoms with E-state index >= 15 is 0 Å². The van der Waals surface area contributed by atoms with Gasteiger partial charge in [-0.1, -0.05) is 12.1 Å². The smallest absolute Gasteiger partial charge is 0.312 e. The maximum Gasteiger partial charge on any atom is 0.312 e. The second-order valence-corrected chi connectivity index (χ2v) is 8.14. The van der Waals surface area contributed by atoms with Crippen molar-refractivity contribution in [2.75, 3.05) is 13.7 Å². The molecule has 0 spiro atoms. The van der Waals surface area contributed by atoms with E-state index in [0.29, 0.717) is 11.5 Å². The Labute approximate surface area is 207 Å². The molecule has 0 aliphatic carbocycles. The van der Waals surface area contributed by atoms with Crippen LogP contribution in [-0.4, -0.2) is 41.4 Å². The summed E-state index contributed by atoms with van der Waals surface area (Å²) in [6.07, 6.45) is 1.12. The lowest BCUT2D eigenvalue weighted by Crippen LogP contribution is -2.45. The molecule has 4 N–H and O–H groups in total. The molecule has 0 aliphatic heterocycles. The van der Waals surface area contributed by atoms with E-state index in [0.717, 1.165) is 22.2 Å². The van der Waals surface area contributed by atoms with Crippen molar-refractivity contribution in [3.05, 3.63) is 84.3 Å². The summed E-state index contributed by atoms with van der Waals surface area (Å²) in [5, 5.41) is 10.4. The number of nitrogens with two attached hydrogens (primary N) is 1. The third-order valence-electron chi connectivity index (χ3n) is 5.56. The summed E-state index contributed by atoms with van der Waals surface area (Å²) < 4.78 is 26.7. The molecule has 9 nitrogen and oxygen atoms in total. The Kier molecular flexibility index (Phi) is 7.33. The normalized spacial score (nSPS) is 12.5. The number of aromatic nitrogens is 2. The van der Waals surface area contributed by atoms with Crippen molar-refractivity contribution in [1.29, 1.82) is 0 Å². The molecule has 4 aromatic rings.